The Morgan fingerprint density at radius 1 is 1.06 bits per heavy atom. The van der Waals surface area contributed by atoms with Crippen molar-refractivity contribution >= 4 is 0 Å². The molecule has 1 heterocycles. The smallest absolute Gasteiger partial charge is 0.0700 e. The van der Waals surface area contributed by atoms with E-state index in [0.29, 0.717) is 12.1 Å². The van der Waals surface area contributed by atoms with E-state index in [0.717, 1.165) is 25.5 Å². The Labute approximate surface area is 110 Å². The Balaban J connectivity index is 1.39. The first-order chi connectivity index (χ1) is 8.90. The average molecular weight is 245 g/mol. The minimum absolute atomic E-state index is 0.456. The van der Waals surface area contributed by atoms with Crippen LogP contribution in [0.4, 0.5) is 0 Å². The topological polar surface area (TPSA) is 21.3 Å². The summed E-state index contributed by atoms with van der Waals surface area (Å²) < 4.78 is 5.94. The van der Waals surface area contributed by atoms with Gasteiger partial charge in [-0.1, -0.05) is 30.3 Å². The van der Waals surface area contributed by atoms with Gasteiger partial charge in [-0.3, -0.25) is 0 Å². The molecular weight excluding hydrogens is 222 g/mol. The van der Waals surface area contributed by atoms with Crippen molar-refractivity contribution in [2.24, 2.45) is 5.92 Å². The van der Waals surface area contributed by atoms with Gasteiger partial charge in [0, 0.05) is 19.2 Å². The van der Waals surface area contributed by atoms with Crippen LogP contribution in [0.1, 0.15) is 31.2 Å². The van der Waals surface area contributed by atoms with Gasteiger partial charge in [0.25, 0.3) is 0 Å². The molecule has 1 aliphatic heterocycles. The molecule has 0 amide bonds. The summed E-state index contributed by atoms with van der Waals surface area (Å²) in [6, 6.07) is 11.4. The van der Waals surface area contributed by atoms with Crippen LogP contribution in [0.25, 0.3) is 0 Å². The zero-order valence-electron chi connectivity index (χ0n) is 11.0. The first kappa shape index (κ1) is 12.2. The van der Waals surface area contributed by atoms with Gasteiger partial charge in [-0.2, -0.15) is 0 Å². The number of rotatable bonds is 5. The largest absolute Gasteiger partial charge is 0.377 e. The van der Waals surface area contributed by atoms with E-state index in [-0.39, 0.29) is 0 Å². The molecule has 1 N–H and O–H groups in total. The lowest BCUT2D eigenvalue weighted by molar-refractivity contribution is 0.0234. The number of nitrogens with one attached hydrogen (secondary N) is 1. The molecule has 1 aromatic carbocycles. The van der Waals surface area contributed by atoms with Gasteiger partial charge in [0.15, 0.2) is 0 Å². The molecule has 0 aromatic heterocycles. The zero-order valence-corrected chi connectivity index (χ0v) is 11.0. The highest BCUT2D eigenvalue weighted by Crippen LogP contribution is 2.29. The minimum Gasteiger partial charge on any atom is -0.377 e. The molecule has 2 fully saturated rings. The predicted octanol–water partition coefficient (Wildman–Crippen LogP) is 2.78. The Kier molecular flexibility index (Phi) is 3.96. The molecular formula is C16H23NO. The highest BCUT2D eigenvalue weighted by Gasteiger charge is 2.25. The number of benzene rings is 1. The lowest BCUT2D eigenvalue weighted by Gasteiger charge is -2.30. The molecule has 0 bridgehead atoms. The second kappa shape index (κ2) is 5.85. The normalized spacial score (nSPS) is 28.2. The quantitative estimate of drug-likeness (QED) is 0.861. The predicted molar refractivity (Wildman–Crippen MR) is 73.6 cm³/mol. The Bertz CT molecular complexity index is 353. The van der Waals surface area contributed by atoms with E-state index < -0.39 is 0 Å². The SMILES string of the molecule is c1ccc(C[C@H]2CC[C@H](OCC3CC3)CN2)cc1. The lowest BCUT2D eigenvalue weighted by atomic mass is 9.96. The van der Waals surface area contributed by atoms with E-state index in [1.807, 2.05) is 0 Å². The first-order valence-corrected chi connectivity index (χ1v) is 7.29. The van der Waals surface area contributed by atoms with Crippen LogP contribution in [0.3, 0.4) is 0 Å². The number of hydrogen-bond donors (Lipinski definition) is 1. The van der Waals surface area contributed by atoms with E-state index >= 15 is 0 Å². The standard InChI is InChI=1S/C16H23NO/c1-2-4-13(5-3-1)10-15-8-9-16(11-17-15)18-12-14-6-7-14/h1-5,14-17H,6-12H2/t15-,16+/m1/s1. The van der Waals surface area contributed by atoms with Crippen molar-refractivity contribution < 1.29 is 4.74 Å². The fraction of sp³-hybridized carbons (Fsp3) is 0.625. The highest BCUT2D eigenvalue weighted by molar-refractivity contribution is 5.16. The van der Waals surface area contributed by atoms with Crippen molar-refractivity contribution in [3.63, 3.8) is 0 Å². The van der Waals surface area contributed by atoms with Gasteiger partial charge in [-0.15, -0.1) is 0 Å². The summed E-state index contributed by atoms with van der Waals surface area (Å²) in [5.74, 6) is 0.882. The molecule has 0 unspecified atom stereocenters. The maximum Gasteiger partial charge on any atom is 0.0700 e. The Morgan fingerprint density at radius 3 is 2.56 bits per heavy atom. The Hall–Kier alpha value is -0.860. The van der Waals surface area contributed by atoms with Crippen molar-refractivity contribution in [1.82, 2.24) is 5.32 Å². The van der Waals surface area contributed by atoms with Crippen LogP contribution in [0.5, 0.6) is 0 Å². The molecule has 0 radical (unpaired) electrons. The molecule has 2 heteroatoms. The molecule has 2 nitrogen and oxygen atoms in total. The van der Waals surface area contributed by atoms with Gasteiger partial charge in [-0.05, 0) is 43.6 Å². The van der Waals surface area contributed by atoms with Crippen molar-refractivity contribution in [2.75, 3.05) is 13.2 Å². The third-order valence-electron chi connectivity index (χ3n) is 4.06. The van der Waals surface area contributed by atoms with E-state index in [1.54, 1.807) is 0 Å². The summed E-state index contributed by atoms with van der Waals surface area (Å²) in [5, 5.41) is 3.64. The first-order valence-electron chi connectivity index (χ1n) is 7.29. The van der Waals surface area contributed by atoms with Crippen LogP contribution in [0, 0.1) is 5.92 Å². The molecule has 1 aromatic rings. The van der Waals surface area contributed by atoms with Crippen molar-refractivity contribution in [2.45, 2.75) is 44.2 Å². The fourth-order valence-corrected chi connectivity index (χ4v) is 2.66. The van der Waals surface area contributed by atoms with Crippen molar-refractivity contribution in [3.8, 4) is 0 Å². The maximum atomic E-state index is 5.94. The molecule has 1 aliphatic carbocycles. The molecule has 98 valence electrons. The van der Waals surface area contributed by atoms with E-state index in [9.17, 15) is 0 Å². The van der Waals surface area contributed by atoms with Crippen LogP contribution >= 0.6 is 0 Å². The maximum absolute atomic E-state index is 5.94. The van der Waals surface area contributed by atoms with E-state index in [1.165, 1.54) is 31.2 Å². The zero-order chi connectivity index (χ0) is 12.2. The van der Waals surface area contributed by atoms with Gasteiger partial charge in [-0.25, -0.2) is 0 Å². The van der Waals surface area contributed by atoms with Crippen LogP contribution < -0.4 is 5.32 Å². The third-order valence-corrected chi connectivity index (χ3v) is 4.06. The van der Waals surface area contributed by atoms with E-state index in [2.05, 4.69) is 35.6 Å². The minimum atomic E-state index is 0.456. The molecule has 1 saturated heterocycles. The number of piperidine rings is 1. The number of hydrogen-bond acceptors (Lipinski definition) is 2. The van der Waals surface area contributed by atoms with Crippen LogP contribution in [0.2, 0.25) is 0 Å². The third kappa shape index (κ3) is 3.56. The van der Waals surface area contributed by atoms with Gasteiger partial charge < -0.3 is 10.1 Å². The van der Waals surface area contributed by atoms with Crippen molar-refractivity contribution in [3.05, 3.63) is 35.9 Å². The van der Waals surface area contributed by atoms with Crippen molar-refractivity contribution in [1.29, 1.82) is 0 Å². The van der Waals surface area contributed by atoms with Gasteiger partial charge >= 0.3 is 0 Å². The van der Waals surface area contributed by atoms with Gasteiger partial charge in [0.1, 0.15) is 0 Å². The summed E-state index contributed by atoms with van der Waals surface area (Å²) in [6.45, 7) is 2.03. The molecule has 2 aliphatic rings. The molecule has 3 rings (SSSR count). The Morgan fingerprint density at radius 2 is 1.89 bits per heavy atom. The monoisotopic (exact) mass is 245 g/mol. The second-order valence-electron chi connectivity index (χ2n) is 5.77. The molecule has 1 saturated carbocycles. The molecule has 18 heavy (non-hydrogen) atoms. The second-order valence-corrected chi connectivity index (χ2v) is 5.77. The van der Waals surface area contributed by atoms with Crippen LogP contribution in [-0.2, 0) is 11.2 Å². The van der Waals surface area contributed by atoms with Gasteiger partial charge in [0.2, 0.25) is 0 Å². The molecule has 0 spiro atoms. The average Bonchev–Trinajstić information content (AvgIpc) is 3.23. The molecule has 2 atom stereocenters. The van der Waals surface area contributed by atoms with E-state index in [4.69, 9.17) is 4.74 Å². The van der Waals surface area contributed by atoms with Crippen LogP contribution in [-0.4, -0.2) is 25.3 Å². The van der Waals surface area contributed by atoms with Gasteiger partial charge in [0.05, 0.1) is 6.10 Å². The summed E-state index contributed by atoms with van der Waals surface area (Å²) in [4.78, 5) is 0. The van der Waals surface area contributed by atoms with Crippen LogP contribution in [0.15, 0.2) is 30.3 Å². The summed E-state index contributed by atoms with van der Waals surface area (Å²) in [5.41, 5.74) is 1.44. The number of ether oxygens (including phenoxy) is 1. The summed E-state index contributed by atoms with van der Waals surface area (Å²) in [6.07, 6.45) is 6.84. The summed E-state index contributed by atoms with van der Waals surface area (Å²) >= 11 is 0. The highest BCUT2D eigenvalue weighted by atomic mass is 16.5. The fourth-order valence-electron chi connectivity index (χ4n) is 2.66. The summed E-state index contributed by atoms with van der Waals surface area (Å²) in [7, 11) is 0. The lowest BCUT2D eigenvalue weighted by Crippen LogP contribution is -2.43.